The summed E-state index contributed by atoms with van der Waals surface area (Å²) in [5.41, 5.74) is 1.17. The normalized spacial score (nSPS) is 15.3. The van der Waals surface area contributed by atoms with Gasteiger partial charge in [-0.1, -0.05) is 17.7 Å². The monoisotopic (exact) mass is 630 g/mol. The summed E-state index contributed by atoms with van der Waals surface area (Å²) in [4.78, 5) is 33.0. The minimum atomic E-state index is -4.52. The standard InChI is InChI=1S/C28H24ClF3N4O4.C3H6O/c1-34-23-14-18(27(38)39)5-7-22(23)33-25(34)16-35-9-11-36(12-10-35)26(37)17-3-2-4-20(13-17)40-24-8-6-19(15-21(24)29)28(30,31)32;1-2-4-3-1/h2-8,13-15H,9-12,16H2,1H3,(H,38,39);1-3H2. The van der Waals surface area contributed by atoms with Crippen LogP contribution in [0.1, 0.15) is 38.5 Å². The summed E-state index contributed by atoms with van der Waals surface area (Å²) in [7, 11) is 1.85. The van der Waals surface area contributed by atoms with Crippen LogP contribution in [0, 0.1) is 0 Å². The van der Waals surface area contributed by atoms with Crippen molar-refractivity contribution < 1.29 is 37.3 Å². The van der Waals surface area contributed by atoms with Crippen LogP contribution in [0.4, 0.5) is 13.2 Å². The van der Waals surface area contributed by atoms with E-state index in [1.165, 1.54) is 18.6 Å². The lowest BCUT2D eigenvalue weighted by Crippen LogP contribution is -2.48. The van der Waals surface area contributed by atoms with Gasteiger partial charge in [0.1, 0.15) is 17.3 Å². The summed E-state index contributed by atoms with van der Waals surface area (Å²) in [6.07, 6.45) is -3.24. The average Bonchev–Trinajstić information content (AvgIpc) is 3.27. The number of hydrogen-bond acceptors (Lipinski definition) is 6. The fraction of sp³-hybridized carbons (Fsp3) is 0.323. The molecule has 44 heavy (non-hydrogen) atoms. The van der Waals surface area contributed by atoms with Crippen molar-refractivity contribution in [1.29, 1.82) is 0 Å². The number of halogens is 4. The molecule has 0 radical (unpaired) electrons. The summed E-state index contributed by atoms with van der Waals surface area (Å²) in [6, 6.07) is 14.1. The van der Waals surface area contributed by atoms with Crippen molar-refractivity contribution in [3.63, 3.8) is 0 Å². The highest BCUT2D eigenvalue weighted by Crippen LogP contribution is 2.36. The van der Waals surface area contributed by atoms with Crippen LogP contribution < -0.4 is 4.74 Å². The molecule has 0 bridgehead atoms. The summed E-state index contributed by atoms with van der Waals surface area (Å²) >= 11 is 6.00. The van der Waals surface area contributed by atoms with Crippen LogP contribution in [-0.4, -0.2) is 75.7 Å². The third-order valence-electron chi connectivity index (χ3n) is 7.39. The molecule has 1 N–H and O–H groups in total. The highest BCUT2D eigenvalue weighted by atomic mass is 35.5. The molecule has 232 valence electrons. The Hall–Kier alpha value is -4.13. The first-order valence-electron chi connectivity index (χ1n) is 13.9. The molecule has 0 saturated carbocycles. The molecule has 0 aliphatic carbocycles. The number of fused-ring (bicyclic) bond motifs is 1. The highest BCUT2D eigenvalue weighted by Gasteiger charge is 2.31. The second-order valence-electron chi connectivity index (χ2n) is 10.4. The van der Waals surface area contributed by atoms with E-state index in [-0.39, 0.29) is 28.0 Å². The molecule has 3 heterocycles. The maximum atomic E-state index is 13.2. The summed E-state index contributed by atoms with van der Waals surface area (Å²) in [6.45, 7) is 4.76. The first kappa shape index (κ1) is 31.3. The molecule has 0 atom stereocenters. The molecule has 9 nitrogen and oxygen atoms in total. The predicted octanol–water partition coefficient (Wildman–Crippen LogP) is 6.10. The smallest absolute Gasteiger partial charge is 0.416 e. The van der Waals surface area contributed by atoms with Gasteiger partial charge >= 0.3 is 12.1 Å². The van der Waals surface area contributed by atoms with Crippen molar-refractivity contribution in [3.05, 3.63) is 88.2 Å². The van der Waals surface area contributed by atoms with Gasteiger partial charge in [-0.2, -0.15) is 13.2 Å². The minimum Gasteiger partial charge on any atom is -0.478 e. The molecule has 6 rings (SSSR count). The van der Waals surface area contributed by atoms with Gasteiger partial charge in [-0.15, -0.1) is 0 Å². The number of nitrogens with zero attached hydrogens (tertiary/aromatic N) is 4. The minimum absolute atomic E-state index is 0.0500. The van der Waals surface area contributed by atoms with Crippen molar-refractivity contribution in [2.75, 3.05) is 39.4 Å². The first-order chi connectivity index (χ1) is 21.0. The van der Waals surface area contributed by atoms with Crippen LogP contribution in [0.3, 0.4) is 0 Å². The number of carbonyl (C=O) groups is 2. The van der Waals surface area contributed by atoms with Gasteiger partial charge in [-0.05, 0) is 61.0 Å². The molecule has 1 aromatic heterocycles. The van der Waals surface area contributed by atoms with Crippen molar-refractivity contribution in [2.24, 2.45) is 7.05 Å². The number of aryl methyl sites for hydroxylation is 1. The molecule has 1 amide bonds. The zero-order valence-corrected chi connectivity index (χ0v) is 24.6. The lowest BCUT2D eigenvalue weighted by Gasteiger charge is -2.34. The van der Waals surface area contributed by atoms with Crippen LogP contribution >= 0.6 is 11.6 Å². The number of ether oxygens (including phenoxy) is 2. The number of carboxylic acid groups (broad SMARTS) is 1. The quantitative estimate of drug-likeness (QED) is 0.275. The van der Waals surface area contributed by atoms with Gasteiger partial charge in [-0.3, -0.25) is 9.69 Å². The topological polar surface area (TPSA) is 97.1 Å². The summed E-state index contributed by atoms with van der Waals surface area (Å²) < 4.78 is 51.0. The number of hydrogen-bond donors (Lipinski definition) is 1. The Bertz CT molecular complexity index is 1660. The first-order valence-corrected chi connectivity index (χ1v) is 14.3. The fourth-order valence-corrected chi connectivity index (χ4v) is 4.95. The number of alkyl halides is 3. The van der Waals surface area contributed by atoms with Crippen molar-refractivity contribution in [2.45, 2.75) is 19.1 Å². The molecule has 4 aromatic rings. The molecule has 0 spiro atoms. The third-order valence-corrected chi connectivity index (χ3v) is 7.69. The van der Waals surface area contributed by atoms with Gasteiger partial charge in [0.2, 0.25) is 0 Å². The molecule has 2 aliphatic heterocycles. The van der Waals surface area contributed by atoms with E-state index in [1.807, 2.05) is 11.6 Å². The van der Waals surface area contributed by atoms with Crippen LogP contribution in [0.25, 0.3) is 11.0 Å². The third kappa shape index (κ3) is 7.32. The SMILES string of the molecule is C1COC1.Cn1c(CN2CCN(C(=O)c3cccc(Oc4ccc(C(F)(F)F)cc4Cl)c3)CC2)nc2ccc(C(=O)O)cc21. The van der Waals surface area contributed by atoms with Crippen LogP contribution in [-0.2, 0) is 24.5 Å². The zero-order chi connectivity index (χ0) is 31.4. The second-order valence-corrected chi connectivity index (χ2v) is 10.8. The Morgan fingerprint density at radius 3 is 2.32 bits per heavy atom. The maximum absolute atomic E-state index is 13.2. The molecular formula is C31H30ClF3N4O5. The predicted molar refractivity (Wildman–Crippen MR) is 157 cm³/mol. The van der Waals surface area contributed by atoms with Gasteiger partial charge in [-0.25, -0.2) is 9.78 Å². The second kappa shape index (κ2) is 13.2. The Kier molecular flexibility index (Phi) is 9.42. The van der Waals surface area contributed by atoms with E-state index in [1.54, 1.807) is 35.2 Å². The number of benzene rings is 3. The van der Waals surface area contributed by atoms with Crippen molar-refractivity contribution >= 4 is 34.5 Å². The van der Waals surface area contributed by atoms with Crippen LogP contribution in [0.5, 0.6) is 11.5 Å². The molecular weight excluding hydrogens is 601 g/mol. The number of piperazine rings is 1. The summed E-state index contributed by atoms with van der Waals surface area (Å²) in [5.74, 6) is -0.0596. The molecule has 2 fully saturated rings. The average molecular weight is 631 g/mol. The van der Waals surface area contributed by atoms with Gasteiger partial charge in [0.25, 0.3) is 5.91 Å². The fourth-order valence-electron chi connectivity index (χ4n) is 4.73. The van der Waals surface area contributed by atoms with E-state index in [4.69, 9.17) is 21.1 Å². The van der Waals surface area contributed by atoms with Gasteiger partial charge < -0.3 is 24.0 Å². The Morgan fingerprint density at radius 2 is 1.70 bits per heavy atom. The molecule has 13 heteroatoms. The lowest BCUT2D eigenvalue weighted by molar-refractivity contribution is -0.137. The zero-order valence-electron chi connectivity index (χ0n) is 23.8. The van der Waals surface area contributed by atoms with Gasteiger partial charge in [0, 0.05) is 52.0 Å². The van der Waals surface area contributed by atoms with E-state index >= 15 is 0 Å². The van der Waals surface area contributed by atoms with Crippen LogP contribution in [0.15, 0.2) is 60.7 Å². The van der Waals surface area contributed by atoms with E-state index in [9.17, 15) is 27.9 Å². The maximum Gasteiger partial charge on any atom is 0.416 e. The number of rotatable bonds is 6. The largest absolute Gasteiger partial charge is 0.478 e. The van der Waals surface area contributed by atoms with Crippen molar-refractivity contribution in [3.8, 4) is 11.5 Å². The Morgan fingerprint density at radius 1 is 1.00 bits per heavy atom. The van der Waals surface area contributed by atoms with E-state index in [2.05, 4.69) is 9.88 Å². The number of carboxylic acids is 1. The molecule has 3 aromatic carbocycles. The Balaban J connectivity index is 0.000000888. The molecule has 2 saturated heterocycles. The van der Waals surface area contributed by atoms with E-state index in [0.717, 1.165) is 48.3 Å². The number of aromatic carboxylic acids is 1. The van der Waals surface area contributed by atoms with Gasteiger partial charge in [0.15, 0.2) is 0 Å². The highest BCUT2D eigenvalue weighted by molar-refractivity contribution is 6.32. The molecule has 0 unspecified atom stereocenters. The number of aromatic nitrogens is 2. The Labute approximate surface area is 256 Å². The number of amides is 1. The number of carbonyl (C=O) groups excluding carboxylic acids is 1. The molecule has 2 aliphatic rings. The van der Waals surface area contributed by atoms with E-state index < -0.39 is 17.7 Å². The van der Waals surface area contributed by atoms with Crippen molar-refractivity contribution in [1.82, 2.24) is 19.4 Å². The lowest BCUT2D eigenvalue weighted by atomic mass is 10.1. The number of imidazole rings is 1. The van der Waals surface area contributed by atoms with Crippen LogP contribution in [0.2, 0.25) is 5.02 Å². The van der Waals surface area contributed by atoms with Gasteiger partial charge in [0.05, 0.1) is 33.7 Å². The summed E-state index contributed by atoms with van der Waals surface area (Å²) in [5, 5.41) is 9.08. The van der Waals surface area contributed by atoms with E-state index in [0.29, 0.717) is 38.3 Å².